The second kappa shape index (κ2) is 3.38. The molecule has 0 bridgehead atoms. The Hall–Kier alpha value is -1.42. The first kappa shape index (κ1) is 9.15. The molecule has 1 saturated heterocycles. The molecule has 74 valence electrons. The zero-order chi connectivity index (χ0) is 10.1. The Balaban J connectivity index is 2.47. The van der Waals surface area contributed by atoms with Crippen molar-refractivity contribution < 1.29 is 14.3 Å². The van der Waals surface area contributed by atoms with Crippen molar-refractivity contribution in [3.8, 4) is 0 Å². The van der Waals surface area contributed by atoms with E-state index in [2.05, 4.69) is 5.32 Å². The maximum absolute atomic E-state index is 13.4. The Labute approximate surface area is 80.6 Å². The zero-order valence-corrected chi connectivity index (χ0v) is 7.46. The number of hydrogen-bond acceptors (Lipinski definition) is 2. The average molecular weight is 195 g/mol. The lowest BCUT2D eigenvalue weighted by Gasteiger charge is -2.29. The lowest BCUT2D eigenvalue weighted by atomic mass is 9.93. The van der Waals surface area contributed by atoms with E-state index in [1.807, 2.05) is 0 Å². The van der Waals surface area contributed by atoms with E-state index >= 15 is 0 Å². The van der Waals surface area contributed by atoms with Crippen molar-refractivity contribution in [3.05, 3.63) is 35.1 Å². The van der Waals surface area contributed by atoms with Crippen LogP contribution in [0, 0.1) is 5.82 Å². The third-order valence-corrected chi connectivity index (χ3v) is 2.46. The van der Waals surface area contributed by atoms with Crippen LogP contribution in [0.3, 0.4) is 0 Å². The SMILES string of the molecule is O=C(O)c1cccc(F)c1[C@@H]1CCN1. The summed E-state index contributed by atoms with van der Waals surface area (Å²) in [7, 11) is 0. The van der Waals surface area contributed by atoms with Crippen LogP contribution in [0.5, 0.6) is 0 Å². The van der Waals surface area contributed by atoms with Gasteiger partial charge in [-0.2, -0.15) is 0 Å². The second-order valence-electron chi connectivity index (χ2n) is 3.30. The fourth-order valence-electron chi connectivity index (χ4n) is 1.61. The number of rotatable bonds is 2. The number of carboxylic acids is 1. The van der Waals surface area contributed by atoms with Crippen molar-refractivity contribution in [2.45, 2.75) is 12.5 Å². The molecule has 0 aromatic heterocycles. The highest BCUT2D eigenvalue weighted by Crippen LogP contribution is 2.28. The molecule has 0 spiro atoms. The molecule has 1 aliphatic heterocycles. The molecule has 0 unspecified atom stereocenters. The van der Waals surface area contributed by atoms with Crippen LogP contribution in [0.2, 0.25) is 0 Å². The molecule has 2 N–H and O–H groups in total. The first-order valence-electron chi connectivity index (χ1n) is 4.45. The van der Waals surface area contributed by atoms with Crippen LogP contribution in [0.1, 0.15) is 28.4 Å². The van der Waals surface area contributed by atoms with Gasteiger partial charge >= 0.3 is 5.97 Å². The Kier molecular flexibility index (Phi) is 2.21. The van der Waals surface area contributed by atoms with E-state index in [4.69, 9.17) is 5.11 Å². The monoisotopic (exact) mass is 195 g/mol. The van der Waals surface area contributed by atoms with E-state index in [-0.39, 0.29) is 17.2 Å². The van der Waals surface area contributed by atoms with Crippen LogP contribution >= 0.6 is 0 Å². The summed E-state index contributed by atoms with van der Waals surface area (Å²) < 4.78 is 13.4. The first-order valence-corrected chi connectivity index (χ1v) is 4.45. The summed E-state index contributed by atoms with van der Waals surface area (Å²) in [6.45, 7) is 0.818. The molecule has 1 aromatic rings. The van der Waals surface area contributed by atoms with Crippen LogP contribution in [0.4, 0.5) is 4.39 Å². The minimum absolute atomic E-state index is 0.0576. The van der Waals surface area contributed by atoms with E-state index in [0.717, 1.165) is 13.0 Å². The van der Waals surface area contributed by atoms with E-state index < -0.39 is 11.8 Å². The van der Waals surface area contributed by atoms with Crippen LogP contribution in [0.25, 0.3) is 0 Å². The van der Waals surface area contributed by atoms with Gasteiger partial charge in [-0.25, -0.2) is 9.18 Å². The van der Waals surface area contributed by atoms with Crippen molar-refractivity contribution in [3.63, 3.8) is 0 Å². The minimum Gasteiger partial charge on any atom is -0.478 e. The number of nitrogens with one attached hydrogen (secondary N) is 1. The van der Waals surface area contributed by atoms with E-state index in [0.29, 0.717) is 0 Å². The maximum atomic E-state index is 13.4. The normalized spacial score (nSPS) is 20.2. The summed E-state index contributed by atoms with van der Waals surface area (Å²) >= 11 is 0. The number of carboxylic acid groups (broad SMARTS) is 1. The Bertz CT molecular complexity index is 374. The van der Waals surface area contributed by atoms with Crippen molar-refractivity contribution in [1.29, 1.82) is 0 Å². The Morgan fingerprint density at radius 2 is 2.29 bits per heavy atom. The maximum Gasteiger partial charge on any atom is 0.336 e. The Morgan fingerprint density at radius 3 is 2.79 bits per heavy atom. The summed E-state index contributed by atoms with van der Waals surface area (Å²) in [6.07, 6.45) is 0.793. The van der Waals surface area contributed by atoms with Crippen LogP contribution < -0.4 is 5.32 Å². The van der Waals surface area contributed by atoms with Crippen LogP contribution in [-0.2, 0) is 0 Å². The number of hydrogen-bond donors (Lipinski definition) is 2. The van der Waals surface area contributed by atoms with Gasteiger partial charge in [-0.1, -0.05) is 6.07 Å². The molecule has 0 saturated carbocycles. The summed E-state index contributed by atoms with van der Waals surface area (Å²) in [4.78, 5) is 10.8. The lowest BCUT2D eigenvalue weighted by molar-refractivity contribution is 0.0693. The van der Waals surface area contributed by atoms with Crippen molar-refractivity contribution >= 4 is 5.97 Å². The molecule has 0 aliphatic carbocycles. The van der Waals surface area contributed by atoms with Gasteiger partial charge in [0.05, 0.1) is 5.56 Å². The van der Waals surface area contributed by atoms with Gasteiger partial charge < -0.3 is 10.4 Å². The standard InChI is InChI=1S/C10H10FNO2/c11-7-3-1-2-6(10(13)14)9(7)8-4-5-12-8/h1-3,8,12H,4-5H2,(H,13,14)/t8-/m0/s1. The van der Waals surface area contributed by atoms with Crippen molar-refractivity contribution in [2.24, 2.45) is 0 Å². The molecule has 14 heavy (non-hydrogen) atoms. The smallest absolute Gasteiger partial charge is 0.336 e. The summed E-state index contributed by atoms with van der Waals surface area (Å²) in [5.74, 6) is -1.52. The minimum atomic E-state index is -1.08. The predicted molar refractivity (Wildman–Crippen MR) is 48.7 cm³/mol. The quantitative estimate of drug-likeness (QED) is 0.752. The van der Waals surface area contributed by atoms with Gasteiger partial charge in [-0.05, 0) is 25.1 Å². The van der Waals surface area contributed by atoms with Gasteiger partial charge in [-0.15, -0.1) is 0 Å². The molecule has 3 nitrogen and oxygen atoms in total. The molecule has 2 rings (SSSR count). The number of halogens is 1. The molecule has 0 amide bonds. The van der Waals surface area contributed by atoms with Gasteiger partial charge in [-0.3, -0.25) is 0 Å². The first-order chi connectivity index (χ1) is 6.70. The Morgan fingerprint density at radius 1 is 1.57 bits per heavy atom. The van der Waals surface area contributed by atoms with E-state index in [1.54, 1.807) is 0 Å². The average Bonchev–Trinajstić information content (AvgIpc) is 2.04. The number of aromatic carboxylic acids is 1. The molecule has 1 fully saturated rings. The lowest BCUT2D eigenvalue weighted by Crippen LogP contribution is -2.36. The van der Waals surface area contributed by atoms with Crippen molar-refractivity contribution in [2.75, 3.05) is 6.54 Å². The third-order valence-electron chi connectivity index (χ3n) is 2.46. The third kappa shape index (κ3) is 1.37. The fraction of sp³-hybridized carbons (Fsp3) is 0.300. The topological polar surface area (TPSA) is 49.3 Å². The number of carbonyl (C=O) groups is 1. The van der Waals surface area contributed by atoms with Gasteiger partial charge in [0, 0.05) is 11.6 Å². The predicted octanol–water partition coefficient (Wildman–Crippen LogP) is 1.56. The van der Waals surface area contributed by atoms with Gasteiger partial charge in [0.1, 0.15) is 5.82 Å². The van der Waals surface area contributed by atoms with Crippen LogP contribution in [-0.4, -0.2) is 17.6 Å². The molecule has 0 radical (unpaired) electrons. The molecule has 1 heterocycles. The highest BCUT2D eigenvalue weighted by atomic mass is 19.1. The van der Waals surface area contributed by atoms with E-state index in [9.17, 15) is 9.18 Å². The largest absolute Gasteiger partial charge is 0.478 e. The summed E-state index contributed by atoms with van der Waals surface area (Å²) in [6, 6.07) is 4.01. The van der Waals surface area contributed by atoms with Crippen molar-refractivity contribution in [1.82, 2.24) is 5.32 Å². The molecule has 1 aliphatic rings. The second-order valence-corrected chi connectivity index (χ2v) is 3.30. The number of benzene rings is 1. The zero-order valence-electron chi connectivity index (χ0n) is 7.46. The molecule has 1 aromatic carbocycles. The molecule has 1 atom stereocenters. The van der Waals surface area contributed by atoms with Crippen LogP contribution in [0.15, 0.2) is 18.2 Å². The van der Waals surface area contributed by atoms with E-state index in [1.165, 1.54) is 18.2 Å². The fourth-order valence-corrected chi connectivity index (χ4v) is 1.61. The summed E-state index contributed by atoms with van der Waals surface area (Å²) in [5, 5.41) is 11.9. The van der Waals surface area contributed by atoms with Gasteiger partial charge in [0.25, 0.3) is 0 Å². The highest BCUT2D eigenvalue weighted by Gasteiger charge is 2.26. The molecular weight excluding hydrogens is 185 g/mol. The molecular formula is C10H10FNO2. The summed E-state index contributed by atoms with van der Waals surface area (Å²) in [5.41, 5.74) is 0.341. The van der Waals surface area contributed by atoms with Gasteiger partial charge in [0.15, 0.2) is 0 Å². The van der Waals surface area contributed by atoms with Gasteiger partial charge in [0.2, 0.25) is 0 Å². The molecule has 4 heteroatoms. The highest BCUT2D eigenvalue weighted by molar-refractivity contribution is 5.89.